The number of carbonyl (C=O) groups excluding carboxylic acids is 1. The van der Waals surface area contributed by atoms with Crippen molar-refractivity contribution in [1.29, 1.82) is 0 Å². The number of aromatic nitrogens is 2. The number of amides is 1. The van der Waals surface area contributed by atoms with Crippen LogP contribution < -0.4 is 0 Å². The van der Waals surface area contributed by atoms with E-state index in [9.17, 15) is 4.79 Å². The van der Waals surface area contributed by atoms with Gasteiger partial charge in [-0.1, -0.05) is 11.6 Å². The van der Waals surface area contributed by atoms with Crippen LogP contribution in [0.5, 0.6) is 0 Å². The summed E-state index contributed by atoms with van der Waals surface area (Å²) in [5.41, 5.74) is 2.75. The average Bonchev–Trinajstić information content (AvgIpc) is 2.99. The molecule has 0 aliphatic carbocycles. The molecule has 5 nitrogen and oxygen atoms in total. The number of carbonyl (C=O) groups is 1. The molecule has 3 aromatic rings. The first-order chi connectivity index (χ1) is 12.5. The van der Waals surface area contributed by atoms with Gasteiger partial charge in [-0.3, -0.25) is 4.79 Å². The molecule has 4 rings (SSSR count). The lowest BCUT2D eigenvalue weighted by atomic mass is 10.1. The summed E-state index contributed by atoms with van der Waals surface area (Å²) in [6, 6.07) is 7.46. The van der Waals surface area contributed by atoms with Crippen molar-refractivity contribution in [3.05, 3.63) is 45.4 Å². The average molecular weight is 388 g/mol. The predicted octanol–water partition coefficient (Wildman–Crippen LogP) is 4.10. The number of morpholine rings is 1. The summed E-state index contributed by atoms with van der Waals surface area (Å²) < 4.78 is 5.34. The third-order valence-electron chi connectivity index (χ3n) is 4.57. The van der Waals surface area contributed by atoms with Crippen molar-refractivity contribution in [2.45, 2.75) is 13.8 Å². The molecule has 0 spiro atoms. The van der Waals surface area contributed by atoms with Crippen LogP contribution in [0.25, 0.3) is 21.6 Å². The van der Waals surface area contributed by atoms with Crippen molar-refractivity contribution in [3.63, 3.8) is 0 Å². The van der Waals surface area contributed by atoms with Crippen LogP contribution in [-0.2, 0) is 4.74 Å². The number of thiophene rings is 1. The topological polar surface area (TPSA) is 55.3 Å². The van der Waals surface area contributed by atoms with Crippen molar-refractivity contribution in [3.8, 4) is 11.4 Å². The Morgan fingerprint density at radius 1 is 1.15 bits per heavy atom. The number of fused-ring (bicyclic) bond motifs is 1. The smallest absolute Gasteiger partial charge is 0.264 e. The predicted molar refractivity (Wildman–Crippen MR) is 104 cm³/mol. The maximum absolute atomic E-state index is 12.9. The van der Waals surface area contributed by atoms with Crippen LogP contribution in [0.2, 0.25) is 5.02 Å². The first-order valence-corrected chi connectivity index (χ1v) is 9.65. The number of benzene rings is 1. The normalized spacial score (nSPS) is 14.8. The van der Waals surface area contributed by atoms with E-state index in [1.54, 1.807) is 0 Å². The summed E-state index contributed by atoms with van der Waals surface area (Å²) in [5.74, 6) is 0.708. The van der Waals surface area contributed by atoms with Gasteiger partial charge in [-0.15, -0.1) is 11.3 Å². The highest BCUT2D eigenvalue weighted by atomic mass is 35.5. The van der Waals surface area contributed by atoms with Crippen molar-refractivity contribution in [2.75, 3.05) is 26.3 Å². The third kappa shape index (κ3) is 3.09. The Hall–Kier alpha value is -2.02. The monoisotopic (exact) mass is 387 g/mol. The number of rotatable bonds is 2. The molecule has 1 amide bonds. The molecule has 1 aromatic carbocycles. The number of hydrogen-bond acceptors (Lipinski definition) is 5. The van der Waals surface area contributed by atoms with Crippen LogP contribution >= 0.6 is 22.9 Å². The van der Waals surface area contributed by atoms with Crippen molar-refractivity contribution < 1.29 is 9.53 Å². The van der Waals surface area contributed by atoms with Gasteiger partial charge >= 0.3 is 0 Å². The fourth-order valence-electron chi connectivity index (χ4n) is 3.18. The molecular formula is C19H18ClN3O2S. The Bertz CT molecular complexity index is 979. The minimum Gasteiger partial charge on any atom is -0.378 e. The van der Waals surface area contributed by atoms with Crippen LogP contribution in [0.1, 0.15) is 20.9 Å². The number of hydrogen-bond donors (Lipinski definition) is 0. The Morgan fingerprint density at radius 3 is 2.54 bits per heavy atom. The lowest BCUT2D eigenvalue weighted by Gasteiger charge is -2.26. The molecule has 2 aromatic heterocycles. The third-order valence-corrected chi connectivity index (χ3v) is 5.99. The van der Waals surface area contributed by atoms with Gasteiger partial charge in [-0.25, -0.2) is 9.97 Å². The molecule has 7 heteroatoms. The second-order valence-electron chi connectivity index (χ2n) is 6.28. The number of ether oxygens (including phenoxy) is 1. The molecule has 0 N–H and O–H groups in total. The van der Waals surface area contributed by atoms with E-state index >= 15 is 0 Å². The number of halogens is 1. The molecule has 26 heavy (non-hydrogen) atoms. The van der Waals surface area contributed by atoms with Gasteiger partial charge in [0.2, 0.25) is 0 Å². The summed E-state index contributed by atoms with van der Waals surface area (Å²) in [6.07, 6.45) is 0. The molecule has 0 bridgehead atoms. The molecule has 1 saturated heterocycles. The zero-order valence-corrected chi connectivity index (χ0v) is 16.2. The molecule has 1 aliphatic heterocycles. The number of nitrogens with zero attached hydrogens (tertiary/aromatic N) is 3. The largest absolute Gasteiger partial charge is 0.378 e. The zero-order valence-electron chi connectivity index (χ0n) is 14.6. The molecule has 3 heterocycles. The van der Waals surface area contributed by atoms with E-state index in [-0.39, 0.29) is 5.91 Å². The van der Waals surface area contributed by atoms with Crippen LogP contribution in [0, 0.1) is 13.8 Å². The highest BCUT2D eigenvalue weighted by Gasteiger charge is 2.24. The van der Waals surface area contributed by atoms with E-state index in [0.717, 1.165) is 31.9 Å². The highest BCUT2D eigenvalue weighted by molar-refractivity contribution is 7.20. The second kappa shape index (κ2) is 6.95. The van der Waals surface area contributed by atoms with Gasteiger partial charge in [0, 0.05) is 29.1 Å². The Morgan fingerprint density at radius 2 is 1.85 bits per heavy atom. The maximum Gasteiger partial charge on any atom is 0.264 e. The molecule has 0 unspecified atom stereocenters. The molecule has 1 aliphatic rings. The first-order valence-electron chi connectivity index (χ1n) is 8.45. The van der Waals surface area contributed by atoms with Crippen LogP contribution in [0.3, 0.4) is 0 Å². The standard InChI is InChI=1S/C19H18ClN3O2S/c1-11-15-12(2)21-17(13-3-5-14(20)6-4-13)22-18(15)26-16(11)19(24)23-7-9-25-10-8-23/h3-6H,7-10H2,1-2H3. The molecule has 0 atom stereocenters. The second-order valence-corrected chi connectivity index (χ2v) is 7.72. The summed E-state index contributed by atoms with van der Waals surface area (Å²) in [6.45, 7) is 6.39. The van der Waals surface area contributed by atoms with Crippen molar-refractivity contribution in [1.82, 2.24) is 14.9 Å². The molecule has 0 radical (unpaired) electrons. The van der Waals surface area contributed by atoms with E-state index < -0.39 is 0 Å². The summed E-state index contributed by atoms with van der Waals surface area (Å²) in [7, 11) is 0. The Kier molecular flexibility index (Phi) is 4.65. The van der Waals surface area contributed by atoms with Crippen molar-refractivity contribution >= 4 is 39.1 Å². The first kappa shape index (κ1) is 17.4. The van der Waals surface area contributed by atoms with E-state index in [0.29, 0.717) is 37.2 Å². The maximum atomic E-state index is 12.9. The quantitative estimate of drug-likeness (QED) is 0.664. The molecule has 134 valence electrons. The highest BCUT2D eigenvalue weighted by Crippen LogP contribution is 2.34. The zero-order chi connectivity index (χ0) is 18.3. The van der Waals surface area contributed by atoms with Gasteiger partial charge in [0.05, 0.1) is 23.8 Å². The Labute approximate surface area is 160 Å². The molecular weight excluding hydrogens is 370 g/mol. The van der Waals surface area contributed by atoms with Gasteiger partial charge in [-0.2, -0.15) is 0 Å². The van der Waals surface area contributed by atoms with Gasteiger partial charge in [0.15, 0.2) is 5.82 Å². The van der Waals surface area contributed by atoms with E-state index in [2.05, 4.69) is 4.98 Å². The SMILES string of the molecule is Cc1nc(-c2ccc(Cl)cc2)nc2sc(C(=O)N3CCOCC3)c(C)c12. The lowest BCUT2D eigenvalue weighted by Crippen LogP contribution is -2.40. The molecule has 0 saturated carbocycles. The van der Waals surface area contributed by atoms with Crippen LogP contribution in [0.15, 0.2) is 24.3 Å². The summed E-state index contributed by atoms with van der Waals surface area (Å²) >= 11 is 7.41. The van der Waals surface area contributed by atoms with Crippen LogP contribution in [0.4, 0.5) is 0 Å². The van der Waals surface area contributed by atoms with Gasteiger partial charge < -0.3 is 9.64 Å². The van der Waals surface area contributed by atoms with Gasteiger partial charge in [0.1, 0.15) is 4.83 Å². The van der Waals surface area contributed by atoms with Crippen molar-refractivity contribution in [2.24, 2.45) is 0 Å². The van der Waals surface area contributed by atoms with E-state index in [1.165, 1.54) is 11.3 Å². The fraction of sp³-hybridized carbons (Fsp3) is 0.316. The number of aryl methyl sites for hydroxylation is 2. The van der Waals surface area contributed by atoms with Gasteiger partial charge in [0.25, 0.3) is 5.91 Å². The van der Waals surface area contributed by atoms with E-state index in [1.807, 2.05) is 43.0 Å². The fourth-order valence-corrected chi connectivity index (χ4v) is 4.51. The molecule has 1 fully saturated rings. The van der Waals surface area contributed by atoms with Gasteiger partial charge in [-0.05, 0) is 43.7 Å². The summed E-state index contributed by atoms with van der Waals surface area (Å²) in [4.78, 5) is 25.7. The Balaban J connectivity index is 1.77. The summed E-state index contributed by atoms with van der Waals surface area (Å²) in [5, 5.41) is 1.65. The minimum atomic E-state index is 0.0567. The van der Waals surface area contributed by atoms with Crippen LogP contribution in [-0.4, -0.2) is 47.1 Å². The van der Waals surface area contributed by atoms with E-state index in [4.69, 9.17) is 21.3 Å². The lowest BCUT2D eigenvalue weighted by molar-refractivity contribution is 0.0306. The minimum absolute atomic E-state index is 0.0567.